The molecule has 1 saturated heterocycles. The van der Waals surface area contributed by atoms with E-state index in [1.54, 1.807) is 30.7 Å². The number of amides is 1. The van der Waals surface area contributed by atoms with Crippen LogP contribution in [0.3, 0.4) is 0 Å². The summed E-state index contributed by atoms with van der Waals surface area (Å²) in [7, 11) is 0. The Labute approximate surface area is 105 Å². The van der Waals surface area contributed by atoms with Crippen molar-refractivity contribution in [3.8, 4) is 0 Å². The lowest BCUT2D eigenvalue weighted by molar-refractivity contribution is 0.0732. The van der Waals surface area contributed by atoms with Crippen molar-refractivity contribution in [3.63, 3.8) is 0 Å². The summed E-state index contributed by atoms with van der Waals surface area (Å²) in [4.78, 5) is 18.3. The van der Waals surface area contributed by atoms with E-state index < -0.39 is 0 Å². The van der Waals surface area contributed by atoms with Crippen molar-refractivity contribution < 1.29 is 4.79 Å². The Morgan fingerprint density at radius 2 is 2.33 bits per heavy atom. The number of rotatable bonds is 2. The number of hydrogen-bond acceptors (Lipinski definition) is 3. The molecule has 18 heavy (non-hydrogen) atoms. The Kier molecular flexibility index (Phi) is 2.80. The number of carbonyl (C=O) groups excluding carboxylic acids is 1. The van der Waals surface area contributed by atoms with Gasteiger partial charge in [-0.2, -0.15) is 5.10 Å². The topological polar surface area (TPSA) is 61.9 Å². The second-order valence-electron chi connectivity index (χ2n) is 4.41. The second kappa shape index (κ2) is 4.60. The third kappa shape index (κ3) is 1.88. The highest BCUT2D eigenvalue weighted by atomic mass is 16.2. The molecule has 5 nitrogen and oxygen atoms in total. The maximum absolute atomic E-state index is 12.4. The molecule has 1 aliphatic heterocycles. The molecule has 0 bridgehead atoms. The van der Waals surface area contributed by atoms with E-state index in [2.05, 4.69) is 15.2 Å². The van der Waals surface area contributed by atoms with Gasteiger partial charge >= 0.3 is 0 Å². The summed E-state index contributed by atoms with van der Waals surface area (Å²) >= 11 is 0. The normalized spacial score (nSPS) is 19.1. The van der Waals surface area contributed by atoms with Crippen LogP contribution in [0.15, 0.2) is 36.8 Å². The van der Waals surface area contributed by atoms with E-state index in [9.17, 15) is 4.79 Å². The van der Waals surface area contributed by atoms with Gasteiger partial charge in [-0.1, -0.05) is 0 Å². The predicted octanol–water partition coefficient (Wildman–Crippen LogP) is 1.78. The summed E-state index contributed by atoms with van der Waals surface area (Å²) in [5.74, 6) is 0.0419. The average Bonchev–Trinajstić information content (AvgIpc) is 3.09. The fourth-order valence-corrected chi connectivity index (χ4v) is 2.44. The van der Waals surface area contributed by atoms with Gasteiger partial charge in [-0.05, 0) is 31.0 Å². The Morgan fingerprint density at radius 3 is 3.06 bits per heavy atom. The van der Waals surface area contributed by atoms with E-state index in [1.165, 1.54) is 0 Å². The van der Waals surface area contributed by atoms with Crippen LogP contribution in [0, 0.1) is 0 Å². The first-order valence-electron chi connectivity index (χ1n) is 6.06. The first-order chi connectivity index (χ1) is 8.86. The van der Waals surface area contributed by atoms with E-state index in [-0.39, 0.29) is 11.9 Å². The first kappa shape index (κ1) is 11.0. The highest BCUT2D eigenvalue weighted by molar-refractivity contribution is 5.94. The molecule has 3 heterocycles. The molecule has 1 amide bonds. The van der Waals surface area contributed by atoms with Crippen LogP contribution in [0.4, 0.5) is 0 Å². The van der Waals surface area contributed by atoms with Gasteiger partial charge in [0.15, 0.2) is 0 Å². The molecule has 0 unspecified atom stereocenters. The average molecular weight is 242 g/mol. The monoisotopic (exact) mass is 242 g/mol. The molecule has 0 radical (unpaired) electrons. The Hall–Kier alpha value is -2.17. The van der Waals surface area contributed by atoms with Gasteiger partial charge in [0.25, 0.3) is 5.91 Å². The van der Waals surface area contributed by atoms with E-state index in [4.69, 9.17) is 0 Å². The molecule has 0 spiro atoms. The molecule has 0 aromatic carbocycles. The van der Waals surface area contributed by atoms with E-state index in [0.29, 0.717) is 5.56 Å². The maximum atomic E-state index is 12.4. The Bertz CT molecular complexity index is 523. The molecule has 0 saturated carbocycles. The zero-order chi connectivity index (χ0) is 12.4. The van der Waals surface area contributed by atoms with Gasteiger partial charge < -0.3 is 4.90 Å². The Morgan fingerprint density at radius 1 is 1.39 bits per heavy atom. The van der Waals surface area contributed by atoms with Crippen LogP contribution in [0.1, 0.15) is 34.9 Å². The molecule has 1 fully saturated rings. The molecular weight excluding hydrogens is 228 g/mol. The van der Waals surface area contributed by atoms with Crippen LogP contribution >= 0.6 is 0 Å². The summed E-state index contributed by atoms with van der Waals surface area (Å²) in [6, 6.07) is 5.63. The van der Waals surface area contributed by atoms with Crippen molar-refractivity contribution in [2.75, 3.05) is 6.54 Å². The molecule has 2 aromatic heterocycles. The standard InChI is InChI=1S/C13H14N4O/c18-13(10-3-1-6-14-9-10)17-8-2-4-12(17)11-5-7-15-16-11/h1,3,5-7,9,12H,2,4,8H2,(H,15,16)/t12-/m0/s1. The van der Waals surface area contributed by atoms with Crippen LogP contribution in [0.2, 0.25) is 0 Å². The summed E-state index contributed by atoms with van der Waals surface area (Å²) in [6.07, 6.45) is 7.02. The van der Waals surface area contributed by atoms with E-state index in [0.717, 1.165) is 25.1 Å². The minimum Gasteiger partial charge on any atom is -0.330 e. The lowest BCUT2D eigenvalue weighted by atomic mass is 10.1. The first-order valence-corrected chi connectivity index (χ1v) is 6.06. The van der Waals surface area contributed by atoms with Gasteiger partial charge in [-0.25, -0.2) is 0 Å². The van der Waals surface area contributed by atoms with Gasteiger partial charge in [0, 0.05) is 25.1 Å². The van der Waals surface area contributed by atoms with Crippen LogP contribution < -0.4 is 0 Å². The smallest absolute Gasteiger partial charge is 0.255 e. The van der Waals surface area contributed by atoms with Crippen molar-refractivity contribution in [3.05, 3.63) is 48.0 Å². The largest absolute Gasteiger partial charge is 0.330 e. The summed E-state index contributed by atoms with van der Waals surface area (Å²) in [5, 5.41) is 6.91. The molecule has 2 aromatic rings. The number of aromatic amines is 1. The third-order valence-corrected chi connectivity index (χ3v) is 3.30. The summed E-state index contributed by atoms with van der Waals surface area (Å²) < 4.78 is 0. The van der Waals surface area contributed by atoms with Gasteiger partial charge in [-0.3, -0.25) is 14.9 Å². The minimum atomic E-state index is 0.0419. The number of nitrogens with zero attached hydrogens (tertiary/aromatic N) is 3. The number of H-pyrrole nitrogens is 1. The van der Waals surface area contributed by atoms with Crippen LogP contribution in [0.25, 0.3) is 0 Å². The number of aromatic nitrogens is 3. The summed E-state index contributed by atoms with van der Waals surface area (Å²) in [5.41, 5.74) is 1.65. The SMILES string of the molecule is O=C(c1cccnc1)N1CCC[C@H]1c1ccn[nH]1. The van der Waals surface area contributed by atoms with Crippen molar-refractivity contribution in [2.45, 2.75) is 18.9 Å². The highest BCUT2D eigenvalue weighted by Gasteiger charge is 2.31. The lowest BCUT2D eigenvalue weighted by Crippen LogP contribution is -2.30. The number of hydrogen-bond donors (Lipinski definition) is 1. The molecule has 92 valence electrons. The van der Waals surface area contributed by atoms with Crippen molar-refractivity contribution >= 4 is 5.91 Å². The van der Waals surface area contributed by atoms with E-state index >= 15 is 0 Å². The maximum Gasteiger partial charge on any atom is 0.255 e. The fourth-order valence-electron chi connectivity index (χ4n) is 2.44. The molecule has 0 aliphatic carbocycles. The molecular formula is C13H14N4O. The quantitative estimate of drug-likeness (QED) is 0.873. The number of carbonyl (C=O) groups is 1. The van der Waals surface area contributed by atoms with Crippen molar-refractivity contribution in [1.82, 2.24) is 20.1 Å². The fraction of sp³-hybridized carbons (Fsp3) is 0.308. The number of likely N-dealkylation sites (tertiary alicyclic amines) is 1. The zero-order valence-electron chi connectivity index (χ0n) is 9.91. The molecule has 1 aliphatic rings. The second-order valence-corrected chi connectivity index (χ2v) is 4.41. The van der Waals surface area contributed by atoms with Crippen molar-refractivity contribution in [2.24, 2.45) is 0 Å². The summed E-state index contributed by atoms with van der Waals surface area (Å²) in [6.45, 7) is 0.789. The molecule has 1 atom stereocenters. The number of nitrogens with one attached hydrogen (secondary N) is 1. The zero-order valence-corrected chi connectivity index (χ0v) is 9.91. The molecule has 1 N–H and O–H groups in total. The van der Waals surface area contributed by atoms with Crippen LogP contribution in [-0.2, 0) is 0 Å². The van der Waals surface area contributed by atoms with E-state index in [1.807, 2.05) is 11.0 Å². The van der Waals surface area contributed by atoms with Gasteiger partial charge in [0.2, 0.25) is 0 Å². The highest BCUT2D eigenvalue weighted by Crippen LogP contribution is 2.31. The van der Waals surface area contributed by atoms with Crippen LogP contribution in [-0.4, -0.2) is 32.5 Å². The molecule has 5 heteroatoms. The third-order valence-electron chi connectivity index (χ3n) is 3.30. The van der Waals surface area contributed by atoms with Crippen molar-refractivity contribution in [1.29, 1.82) is 0 Å². The predicted molar refractivity (Wildman–Crippen MR) is 65.8 cm³/mol. The van der Waals surface area contributed by atoms with Gasteiger partial charge in [0.05, 0.1) is 17.3 Å². The van der Waals surface area contributed by atoms with Gasteiger partial charge in [0.1, 0.15) is 0 Å². The minimum absolute atomic E-state index is 0.0419. The Balaban J connectivity index is 1.85. The number of pyridine rings is 1. The van der Waals surface area contributed by atoms with Gasteiger partial charge in [-0.15, -0.1) is 0 Å². The lowest BCUT2D eigenvalue weighted by Gasteiger charge is -2.23. The molecule has 3 rings (SSSR count). The van der Waals surface area contributed by atoms with Crippen LogP contribution in [0.5, 0.6) is 0 Å².